The number of hydrogen-bond acceptors (Lipinski definition) is 7. The Bertz CT molecular complexity index is 2200. The molecular formula is C37H48Cl2F4N12O. The Kier molecular flexibility index (Phi) is 13.0. The number of nitrogens with one attached hydrogen (secondary N) is 4. The molecule has 0 unspecified atom stereocenters. The number of carbonyl (C=O) groups excluding carboxylic acids is 1. The largest absolute Gasteiger partial charge is 0.345 e. The molecule has 10 rings (SSSR count). The Morgan fingerprint density at radius 2 is 1.18 bits per heavy atom. The highest BCUT2D eigenvalue weighted by Crippen LogP contribution is 2.32. The molecule has 4 saturated heterocycles. The highest BCUT2D eigenvalue weighted by Gasteiger charge is 2.38. The van der Waals surface area contributed by atoms with Gasteiger partial charge >= 0.3 is 6.03 Å². The molecular weight excluding hydrogens is 775 g/mol. The number of H-pyrrole nitrogens is 2. The number of nitrogens with zero attached hydrogens (tertiary/aromatic N) is 8. The predicted octanol–water partition coefficient (Wildman–Crippen LogP) is 6.77. The van der Waals surface area contributed by atoms with Crippen LogP contribution in [0.4, 0.5) is 22.4 Å². The lowest BCUT2D eigenvalue weighted by molar-refractivity contribution is -0.0495. The zero-order chi connectivity index (χ0) is 37.3. The number of hydrogen-bond donors (Lipinski definition) is 4. The maximum absolute atomic E-state index is 13.4. The summed E-state index contributed by atoms with van der Waals surface area (Å²) in [6.45, 7) is 4.53. The maximum Gasteiger partial charge on any atom is 0.320 e. The number of halogens is 6. The summed E-state index contributed by atoms with van der Waals surface area (Å²) in [7, 11) is 0. The topological polar surface area (TPSA) is 140 Å². The van der Waals surface area contributed by atoms with Crippen LogP contribution in [0.5, 0.6) is 0 Å². The summed E-state index contributed by atoms with van der Waals surface area (Å²) in [6, 6.07) is 3.91. The minimum Gasteiger partial charge on any atom is -0.345 e. The van der Waals surface area contributed by atoms with Gasteiger partial charge in [0, 0.05) is 95.7 Å². The van der Waals surface area contributed by atoms with Crippen LogP contribution in [0.15, 0.2) is 49.3 Å². The van der Waals surface area contributed by atoms with Crippen molar-refractivity contribution in [2.24, 2.45) is 0 Å². The van der Waals surface area contributed by atoms with E-state index >= 15 is 0 Å². The molecule has 6 aromatic heterocycles. The van der Waals surface area contributed by atoms with Crippen LogP contribution in [0.1, 0.15) is 74.9 Å². The average molecular weight is 824 g/mol. The lowest BCUT2D eigenvalue weighted by atomic mass is 9.97. The van der Waals surface area contributed by atoms with Gasteiger partial charge in [0.2, 0.25) is 0 Å². The van der Waals surface area contributed by atoms with Crippen molar-refractivity contribution < 1.29 is 22.4 Å². The number of likely N-dealkylation sites (tertiary alicyclic amines) is 2. The van der Waals surface area contributed by atoms with E-state index in [2.05, 4.69) is 55.4 Å². The number of imidazole rings is 2. The fourth-order valence-electron chi connectivity index (χ4n) is 8.03. The van der Waals surface area contributed by atoms with Gasteiger partial charge in [-0.25, -0.2) is 42.3 Å². The molecule has 13 nitrogen and oxygen atoms in total. The van der Waals surface area contributed by atoms with Crippen LogP contribution in [-0.4, -0.2) is 119 Å². The number of carbonyl (C=O) groups is 1. The van der Waals surface area contributed by atoms with E-state index in [-0.39, 0.29) is 75.5 Å². The van der Waals surface area contributed by atoms with Crippen molar-refractivity contribution in [3.63, 3.8) is 0 Å². The fourth-order valence-corrected chi connectivity index (χ4v) is 8.03. The molecule has 4 aliphatic heterocycles. The minimum atomic E-state index is -2.65. The predicted molar refractivity (Wildman–Crippen MR) is 211 cm³/mol. The Labute approximate surface area is 333 Å². The molecule has 304 valence electrons. The first kappa shape index (κ1) is 41.4. The van der Waals surface area contributed by atoms with Gasteiger partial charge in [0.1, 0.15) is 11.6 Å². The first-order chi connectivity index (χ1) is 26.2. The van der Waals surface area contributed by atoms with E-state index in [0.29, 0.717) is 32.1 Å². The molecule has 0 bridgehead atoms. The quantitative estimate of drug-likeness (QED) is 0.142. The van der Waals surface area contributed by atoms with Gasteiger partial charge in [0.05, 0.1) is 46.9 Å². The molecule has 2 atom stereocenters. The van der Waals surface area contributed by atoms with Crippen molar-refractivity contribution in [2.45, 2.75) is 75.0 Å². The number of aromatic nitrogens is 8. The molecule has 19 heteroatoms. The zero-order valence-electron chi connectivity index (χ0n) is 30.9. The van der Waals surface area contributed by atoms with Crippen molar-refractivity contribution in [3.05, 3.63) is 61.0 Å². The molecule has 4 N–H and O–H groups in total. The van der Waals surface area contributed by atoms with Crippen LogP contribution in [0.2, 0.25) is 0 Å². The summed E-state index contributed by atoms with van der Waals surface area (Å²) in [5, 5.41) is 6.31. The number of urea groups is 1. The third-order valence-electron chi connectivity index (χ3n) is 11.0. The van der Waals surface area contributed by atoms with Crippen LogP contribution < -0.4 is 10.6 Å². The number of amides is 2. The lowest BCUT2D eigenvalue weighted by Gasteiger charge is -2.38. The number of rotatable bonds is 2. The van der Waals surface area contributed by atoms with Gasteiger partial charge in [-0.1, -0.05) is 0 Å². The molecule has 6 aromatic rings. The van der Waals surface area contributed by atoms with Crippen molar-refractivity contribution in [1.29, 1.82) is 0 Å². The van der Waals surface area contributed by atoms with Crippen LogP contribution in [0.25, 0.3) is 33.4 Å². The molecule has 4 aliphatic rings. The molecule has 0 spiro atoms. The molecule has 56 heavy (non-hydrogen) atoms. The molecule has 0 aliphatic carbocycles. The van der Waals surface area contributed by atoms with Gasteiger partial charge in [-0.2, -0.15) is 0 Å². The summed E-state index contributed by atoms with van der Waals surface area (Å²) in [6.07, 6.45) is 14.9. The second-order valence-electron chi connectivity index (χ2n) is 14.8. The van der Waals surface area contributed by atoms with Gasteiger partial charge in [0.15, 0.2) is 11.3 Å². The summed E-state index contributed by atoms with van der Waals surface area (Å²) in [4.78, 5) is 40.6. The van der Waals surface area contributed by atoms with Crippen LogP contribution in [-0.2, 0) is 0 Å². The maximum atomic E-state index is 13.4. The van der Waals surface area contributed by atoms with Gasteiger partial charge in [-0.05, 0) is 44.4 Å². The van der Waals surface area contributed by atoms with Crippen LogP contribution in [0, 0.1) is 0 Å². The molecule has 10 heterocycles. The summed E-state index contributed by atoms with van der Waals surface area (Å²) in [5.74, 6) is -2.35. The average Bonchev–Trinajstić information content (AvgIpc) is 4.01. The number of fused-ring (bicyclic) bond motifs is 6. The highest BCUT2D eigenvalue weighted by molar-refractivity contribution is 5.85. The monoisotopic (exact) mass is 822 g/mol. The van der Waals surface area contributed by atoms with E-state index in [1.54, 1.807) is 16.0 Å². The van der Waals surface area contributed by atoms with Crippen molar-refractivity contribution in [1.82, 2.24) is 59.1 Å². The third kappa shape index (κ3) is 8.85. The minimum absolute atomic E-state index is 0. The summed E-state index contributed by atoms with van der Waals surface area (Å²) < 4.78 is 55.5. The van der Waals surface area contributed by atoms with E-state index in [1.165, 1.54) is 12.8 Å². The van der Waals surface area contributed by atoms with Crippen molar-refractivity contribution >= 4 is 64.2 Å². The van der Waals surface area contributed by atoms with E-state index in [4.69, 9.17) is 0 Å². The molecule has 2 amide bonds. The number of piperidine rings is 4. The Morgan fingerprint density at radius 3 is 1.71 bits per heavy atom. The smallest absolute Gasteiger partial charge is 0.320 e. The SMILES string of the molecule is Cl.Cl.FC1(F)CCNCC1.O=C(N1CCC(F)(F)CC1)N1CCC[C@@H](c2ncc3cnc4[nH]ccc4n23)C1.c1cc2c(ncc3cnc([C@@H]4CCCNC4)n32)[nH]1. The Hall–Kier alpha value is -4.19. The van der Waals surface area contributed by atoms with E-state index in [9.17, 15) is 22.4 Å². The van der Waals surface area contributed by atoms with Gasteiger partial charge in [0.25, 0.3) is 11.8 Å². The first-order valence-electron chi connectivity index (χ1n) is 19.0. The number of aromatic amines is 2. The standard InChI is InChI=1S/C19H22F2N6O.C13H15N5.C5H9F2N.2ClH/c20-19(21)4-8-25(9-5-19)18(28)26-7-1-2-13(12-26)17-24-11-14-10-23-16-15(27(14)17)3-6-22-16;1-2-9(6-14-4-1)13-17-8-10-7-16-12-11(18(10)13)3-5-15-12;6-5(7)1-3-8-4-2-5;;/h3,6,10-11,13,22H,1-2,4-5,7-9,12H2;3,5,7-9,14-15H,1-2,4,6H2;8H,1-4H2;2*1H/t13-;9-;;;/m11.../s1. The van der Waals surface area contributed by atoms with Crippen LogP contribution >= 0.6 is 24.8 Å². The highest BCUT2D eigenvalue weighted by atomic mass is 35.5. The van der Waals surface area contributed by atoms with Gasteiger partial charge < -0.3 is 30.4 Å². The zero-order valence-corrected chi connectivity index (χ0v) is 32.5. The fraction of sp³-hybridized carbons (Fsp3) is 0.541. The van der Waals surface area contributed by atoms with E-state index in [1.807, 2.05) is 37.1 Å². The van der Waals surface area contributed by atoms with E-state index < -0.39 is 11.8 Å². The lowest BCUT2D eigenvalue weighted by Crippen LogP contribution is -2.51. The first-order valence-corrected chi connectivity index (χ1v) is 19.0. The summed E-state index contributed by atoms with van der Waals surface area (Å²) in [5.41, 5.74) is 5.79. The Balaban J connectivity index is 0.000000162. The molecule has 0 radical (unpaired) electrons. The second-order valence-corrected chi connectivity index (χ2v) is 14.8. The van der Waals surface area contributed by atoms with Crippen LogP contribution in [0.3, 0.4) is 0 Å². The normalized spacial score (nSPS) is 22.1. The van der Waals surface area contributed by atoms with Crippen molar-refractivity contribution in [2.75, 3.05) is 52.4 Å². The molecule has 4 fully saturated rings. The Morgan fingerprint density at radius 1 is 0.643 bits per heavy atom. The number of alkyl halides is 4. The second kappa shape index (κ2) is 17.5. The molecule has 0 saturated carbocycles. The van der Waals surface area contributed by atoms with E-state index in [0.717, 1.165) is 70.9 Å². The summed E-state index contributed by atoms with van der Waals surface area (Å²) >= 11 is 0. The van der Waals surface area contributed by atoms with Gasteiger partial charge in [-0.3, -0.25) is 8.80 Å². The third-order valence-corrected chi connectivity index (χ3v) is 11.0. The van der Waals surface area contributed by atoms with Gasteiger partial charge in [-0.15, -0.1) is 24.8 Å². The van der Waals surface area contributed by atoms with Crippen molar-refractivity contribution in [3.8, 4) is 0 Å². The molecule has 0 aromatic carbocycles.